The van der Waals surface area contributed by atoms with E-state index in [1.807, 2.05) is 6.92 Å². The van der Waals surface area contributed by atoms with Crippen LogP contribution in [0.2, 0.25) is 0 Å². The van der Waals surface area contributed by atoms with Crippen LogP contribution >= 0.6 is 0 Å². The summed E-state index contributed by atoms with van der Waals surface area (Å²) in [5.41, 5.74) is -0.243. The van der Waals surface area contributed by atoms with Crippen LogP contribution in [0.15, 0.2) is 78.9 Å². The van der Waals surface area contributed by atoms with Crippen molar-refractivity contribution in [2.24, 2.45) is 0 Å². The van der Waals surface area contributed by atoms with E-state index in [0.29, 0.717) is 28.9 Å². The molecule has 0 aliphatic carbocycles. The number of hydrogen-bond donors (Lipinski definition) is 1. The fraction of sp³-hybridized carbons (Fsp3) is 0.333. The van der Waals surface area contributed by atoms with Gasteiger partial charge < -0.3 is 10.2 Å². The van der Waals surface area contributed by atoms with Crippen LogP contribution in [0, 0.1) is 5.82 Å². The lowest BCUT2D eigenvalue weighted by Crippen LogP contribution is -2.53. The van der Waals surface area contributed by atoms with Crippen LogP contribution in [-0.4, -0.2) is 50.5 Å². The van der Waals surface area contributed by atoms with E-state index < -0.39 is 52.0 Å². The van der Waals surface area contributed by atoms with Gasteiger partial charge in [0.2, 0.25) is 21.8 Å². The standard InChI is InChI=1S/C30H33F4N3O4S/c1-3-4-17-35-29(39)27(18-22-9-6-5-7-10-22)36(20-23-13-15-25(31)16-14-23)28(38)21-37(42(2,40)41)26-12-8-11-24(19-26)30(32,33)34/h5-16,19,27H,3-4,17-18,20-21H2,1-2H3,(H,35,39). The van der Waals surface area contributed by atoms with Crippen molar-refractivity contribution in [3.8, 4) is 0 Å². The molecule has 0 spiro atoms. The molecule has 1 N–H and O–H groups in total. The zero-order chi connectivity index (χ0) is 30.9. The Bertz CT molecular complexity index is 1450. The van der Waals surface area contributed by atoms with Crippen LogP contribution in [0.5, 0.6) is 0 Å². The minimum absolute atomic E-state index is 0.0775. The van der Waals surface area contributed by atoms with Crippen molar-refractivity contribution in [2.45, 2.75) is 44.9 Å². The highest BCUT2D eigenvalue weighted by Crippen LogP contribution is 2.32. The normalized spacial score (nSPS) is 12.4. The maximum atomic E-state index is 13.9. The third-order valence-corrected chi connectivity index (χ3v) is 7.65. The summed E-state index contributed by atoms with van der Waals surface area (Å²) < 4.78 is 80.0. The molecule has 0 aliphatic heterocycles. The van der Waals surface area contributed by atoms with Gasteiger partial charge in [-0.1, -0.05) is 61.9 Å². The highest BCUT2D eigenvalue weighted by Gasteiger charge is 2.35. The van der Waals surface area contributed by atoms with Crippen molar-refractivity contribution >= 4 is 27.5 Å². The van der Waals surface area contributed by atoms with Gasteiger partial charge in [0.05, 0.1) is 17.5 Å². The number of alkyl halides is 3. The van der Waals surface area contributed by atoms with E-state index in [9.17, 15) is 35.6 Å². The molecule has 2 amide bonds. The molecule has 0 aromatic heterocycles. The summed E-state index contributed by atoms with van der Waals surface area (Å²) in [6.07, 6.45) is -2.39. The first-order valence-corrected chi connectivity index (χ1v) is 15.1. The van der Waals surface area contributed by atoms with Gasteiger partial charge in [-0.3, -0.25) is 13.9 Å². The van der Waals surface area contributed by atoms with Gasteiger partial charge in [-0.2, -0.15) is 13.2 Å². The summed E-state index contributed by atoms with van der Waals surface area (Å²) in [7, 11) is -4.24. The summed E-state index contributed by atoms with van der Waals surface area (Å²) in [5.74, 6) is -1.82. The SMILES string of the molecule is CCCCNC(=O)C(Cc1ccccc1)N(Cc1ccc(F)cc1)C(=O)CN(c1cccc(C(F)(F)F)c1)S(C)(=O)=O. The Morgan fingerprint density at radius 1 is 0.929 bits per heavy atom. The summed E-state index contributed by atoms with van der Waals surface area (Å²) in [5, 5.41) is 2.82. The lowest BCUT2D eigenvalue weighted by molar-refractivity contribution is -0.140. The van der Waals surface area contributed by atoms with Gasteiger partial charge in [0.1, 0.15) is 18.4 Å². The quantitative estimate of drug-likeness (QED) is 0.215. The molecule has 42 heavy (non-hydrogen) atoms. The van der Waals surface area contributed by atoms with Gasteiger partial charge in [0.15, 0.2) is 0 Å². The van der Waals surface area contributed by atoms with Gasteiger partial charge in [-0.05, 0) is 47.9 Å². The van der Waals surface area contributed by atoms with Crippen LogP contribution in [-0.2, 0) is 38.8 Å². The Hall–Kier alpha value is -3.93. The average Bonchev–Trinajstić information content (AvgIpc) is 2.94. The third-order valence-electron chi connectivity index (χ3n) is 6.51. The first-order chi connectivity index (χ1) is 19.8. The topological polar surface area (TPSA) is 86.8 Å². The molecule has 226 valence electrons. The molecule has 0 saturated carbocycles. The molecule has 0 aliphatic rings. The van der Waals surface area contributed by atoms with E-state index >= 15 is 0 Å². The number of carbonyl (C=O) groups excluding carboxylic acids is 2. The lowest BCUT2D eigenvalue weighted by Gasteiger charge is -2.33. The number of unbranched alkanes of at least 4 members (excludes halogenated alkanes) is 1. The zero-order valence-corrected chi connectivity index (χ0v) is 24.1. The van der Waals surface area contributed by atoms with E-state index in [1.165, 1.54) is 29.2 Å². The molecule has 12 heteroatoms. The largest absolute Gasteiger partial charge is 0.416 e. The Labute approximate surface area is 243 Å². The highest BCUT2D eigenvalue weighted by atomic mass is 32.2. The Morgan fingerprint density at radius 2 is 1.60 bits per heavy atom. The number of sulfonamides is 1. The fourth-order valence-corrected chi connectivity index (χ4v) is 5.14. The molecule has 3 aromatic rings. The smallest absolute Gasteiger partial charge is 0.354 e. The van der Waals surface area contributed by atoms with Gasteiger partial charge in [-0.25, -0.2) is 12.8 Å². The van der Waals surface area contributed by atoms with Crippen molar-refractivity contribution < 1.29 is 35.6 Å². The number of anilines is 1. The monoisotopic (exact) mass is 607 g/mol. The number of nitrogens with zero attached hydrogens (tertiary/aromatic N) is 2. The van der Waals surface area contributed by atoms with Crippen molar-refractivity contribution in [3.63, 3.8) is 0 Å². The molecular formula is C30H33F4N3O4S. The number of hydrogen-bond acceptors (Lipinski definition) is 4. The second-order valence-corrected chi connectivity index (χ2v) is 11.7. The summed E-state index contributed by atoms with van der Waals surface area (Å²) >= 11 is 0. The fourth-order valence-electron chi connectivity index (χ4n) is 4.30. The van der Waals surface area contributed by atoms with Crippen LogP contribution in [0.3, 0.4) is 0 Å². The number of halogens is 4. The number of benzene rings is 3. The van der Waals surface area contributed by atoms with E-state index in [0.717, 1.165) is 36.4 Å². The first-order valence-electron chi connectivity index (χ1n) is 13.3. The van der Waals surface area contributed by atoms with E-state index in [2.05, 4.69) is 5.32 Å². The third kappa shape index (κ3) is 9.30. The van der Waals surface area contributed by atoms with Crippen molar-refractivity contribution in [3.05, 3.63) is 101 Å². The number of carbonyl (C=O) groups is 2. The van der Waals surface area contributed by atoms with Crippen LogP contribution < -0.4 is 9.62 Å². The minimum atomic E-state index is -4.74. The average molecular weight is 608 g/mol. The molecule has 7 nitrogen and oxygen atoms in total. The second-order valence-electron chi connectivity index (χ2n) is 9.82. The van der Waals surface area contributed by atoms with Crippen molar-refractivity contribution in [1.29, 1.82) is 0 Å². The van der Waals surface area contributed by atoms with Gasteiger partial charge in [-0.15, -0.1) is 0 Å². The molecule has 3 aromatic carbocycles. The molecule has 0 fully saturated rings. The van der Waals surface area contributed by atoms with Gasteiger partial charge in [0, 0.05) is 19.5 Å². The number of nitrogens with one attached hydrogen (secondary N) is 1. The first kappa shape index (κ1) is 32.6. The van der Waals surface area contributed by atoms with E-state index in [4.69, 9.17) is 0 Å². The zero-order valence-electron chi connectivity index (χ0n) is 23.3. The molecule has 3 rings (SSSR count). The van der Waals surface area contributed by atoms with E-state index in [1.54, 1.807) is 30.3 Å². The number of amides is 2. The van der Waals surface area contributed by atoms with E-state index in [-0.39, 0.29) is 18.7 Å². The molecule has 0 heterocycles. The highest BCUT2D eigenvalue weighted by molar-refractivity contribution is 7.92. The molecular weight excluding hydrogens is 574 g/mol. The Kier molecular flexibility index (Phi) is 11.1. The Morgan fingerprint density at radius 3 is 2.19 bits per heavy atom. The summed E-state index contributed by atoms with van der Waals surface area (Å²) in [6, 6.07) is 16.7. The maximum absolute atomic E-state index is 13.9. The van der Waals surface area contributed by atoms with Gasteiger partial charge >= 0.3 is 6.18 Å². The second kappa shape index (κ2) is 14.3. The summed E-state index contributed by atoms with van der Waals surface area (Å²) in [4.78, 5) is 28.6. The lowest BCUT2D eigenvalue weighted by atomic mass is 10.0. The molecule has 0 radical (unpaired) electrons. The maximum Gasteiger partial charge on any atom is 0.416 e. The minimum Gasteiger partial charge on any atom is -0.354 e. The molecule has 0 bridgehead atoms. The molecule has 0 saturated heterocycles. The predicted molar refractivity (Wildman–Crippen MR) is 152 cm³/mol. The summed E-state index contributed by atoms with van der Waals surface area (Å²) in [6.45, 7) is 1.25. The van der Waals surface area contributed by atoms with Gasteiger partial charge in [0.25, 0.3) is 0 Å². The van der Waals surface area contributed by atoms with Crippen LogP contribution in [0.1, 0.15) is 36.5 Å². The molecule has 1 unspecified atom stereocenters. The molecule has 1 atom stereocenters. The van der Waals surface area contributed by atoms with Crippen molar-refractivity contribution in [2.75, 3.05) is 23.7 Å². The van der Waals surface area contributed by atoms with Crippen molar-refractivity contribution in [1.82, 2.24) is 10.2 Å². The van der Waals surface area contributed by atoms with Crippen LogP contribution in [0.4, 0.5) is 23.2 Å². The van der Waals surface area contributed by atoms with Crippen LogP contribution in [0.25, 0.3) is 0 Å². The Balaban J connectivity index is 2.05. The number of rotatable bonds is 13. The predicted octanol–water partition coefficient (Wildman–Crippen LogP) is 5.17.